The Labute approximate surface area is 178 Å². The molecule has 0 aliphatic carbocycles. The first-order chi connectivity index (χ1) is 15.1. The molecule has 1 aromatic heterocycles. The largest absolute Gasteiger partial charge is 0.489 e. The monoisotopic (exact) mass is 415 g/mol. The summed E-state index contributed by atoms with van der Waals surface area (Å²) >= 11 is 0. The van der Waals surface area contributed by atoms with Gasteiger partial charge in [0.1, 0.15) is 25.5 Å². The van der Waals surface area contributed by atoms with E-state index in [2.05, 4.69) is 0 Å². The Hall–Kier alpha value is -3.93. The summed E-state index contributed by atoms with van der Waals surface area (Å²) in [6, 6.07) is 21.4. The summed E-state index contributed by atoms with van der Waals surface area (Å²) in [5.41, 5.74) is 1.78. The Balaban J connectivity index is 1.49. The first kappa shape index (κ1) is 20.3. The van der Waals surface area contributed by atoms with Gasteiger partial charge in [0.05, 0.1) is 16.6 Å². The van der Waals surface area contributed by atoms with Gasteiger partial charge in [0.15, 0.2) is 11.2 Å². The minimum absolute atomic E-state index is 0.0364. The molecule has 0 fully saturated rings. The third-order valence-corrected chi connectivity index (χ3v) is 5.04. The lowest BCUT2D eigenvalue weighted by Crippen LogP contribution is -2.20. The highest BCUT2D eigenvalue weighted by atomic mass is 16.6. The van der Waals surface area contributed by atoms with Gasteiger partial charge in [-0.1, -0.05) is 36.4 Å². The van der Waals surface area contributed by atoms with Crippen LogP contribution in [0, 0.1) is 0 Å². The van der Waals surface area contributed by atoms with E-state index < -0.39 is 5.97 Å². The van der Waals surface area contributed by atoms with Crippen molar-refractivity contribution in [1.29, 1.82) is 0 Å². The molecule has 4 aromatic rings. The van der Waals surface area contributed by atoms with E-state index in [1.54, 1.807) is 53.1 Å². The van der Waals surface area contributed by atoms with Gasteiger partial charge < -0.3 is 14.0 Å². The predicted octanol–water partition coefficient (Wildman–Crippen LogP) is 3.98. The van der Waals surface area contributed by atoms with Crippen LogP contribution in [0.3, 0.4) is 0 Å². The number of carbonyl (C=O) groups excluding carboxylic acids is 2. The predicted molar refractivity (Wildman–Crippen MR) is 119 cm³/mol. The number of hydrogen-bond donors (Lipinski definition) is 0. The lowest BCUT2D eigenvalue weighted by molar-refractivity contribution is -0.144. The van der Waals surface area contributed by atoms with Crippen molar-refractivity contribution in [3.8, 4) is 5.75 Å². The molecule has 156 valence electrons. The van der Waals surface area contributed by atoms with E-state index in [-0.39, 0.29) is 31.0 Å². The van der Waals surface area contributed by atoms with Gasteiger partial charge in [-0.25, -0.2) is 0 Å². The summed E-state index contributed by atoms with van der Waals surface area (Å²) in [5, 5.41) is 1.11. The Morgan fingerprint density at radius 2 is 1.39 bits per heavy atom. The second-order valence-electron chi connectivity index (χ2n) is 7.07. The number of pyridine rings is 1. The molecule has 0 atom stereocenters. The number of nitrogens with zero attached hydrogens (tertiary/aromatic N) is 1. The van der Waals surface area contributed by atoms with E-state index >= 15 is 0 Å². The fourth-order valence-electron chi connectivity index (χ4n) is 3.61. The van der Waals surface area contributed by atoms with Crippen molar-refractivity contribution < 1.29 is 19.1 Å². The maximum Gasteiger partial charge on any atom is 0.326 e. The zero-order chi connectivity index (χ0) is 21.8. The van der Waals surface area contributed by atoms with E-state index in [0.717, 1.165) is 0 Å². The summed E-state index contributed by atoms with van der Waals surface area (Å²) in [4.78, 5) is 37.0. The van der Waals surface area contributed by atoms with Crippen LogP contribution in [0.25, 0.3) is 21.8 Å². The number of Topliss-reactive ketones (excluding diaryl/α,β-unsaturated/α-hetero) is 1. The van der Waals surface area contributed by atoms with Gasteiger partial charge >= 0.3 is 5.97 Å². The van der Waals surface area contributed by atoms with Crippen LogP contribution in [-0.4, -0.2) is 29.5 Å². The van der Waals surface area contributed by atoms with Crippen LogP contribution in [0.15, 0.2) is 77.6 Å². The number of esters is 1. The van der Waals surface area contributed by atoms with Crippen molar-refractivity contribution in [3.63, 3.8) is 0 Å². The molecule has 0 amide bonds. The van der Waals surface area contributed by atoms with Crippen molar-refractivity contribution in [1.82, 2.24) is 4.57 Å². The highest BCUT2D eigenvalue weighted by Gasteiger charge is 2.14. The topological polar surface area (TPSA) is 74.6 Å². The van der Waals surface area contributed by atoms with E-state index in [1.807, 2.05) is 24.3 Å². The highest BCUT2D eigenvalue weighted by Crippen LogP contribution is 2.20. The van der Waals surface area contributed by atoms with Crippen LogP contribution in [0.4, 0.5) is 0 Å². The van der Waals surface area contributed by atoms with Crippen molar-refractivity contribution in [2.45, 2.75) is 13.5 Å². The normalized spacial score (nSPS) is 10.9. The van der Waals surface area contributed by atoms with Gasteiger partial charge in [-0.05, 0) is 43.3 Å². The zero-order valence-electron chi connectivity index (χ0n) is 17.0. The van der Waals surface area contributed by atoms with Gasteiger partial charge in [-0.15, -0.1) is 0 Å². The summed E-state index contributed by atoms with van der Waals surface area (Å²) < 4.78 is 12.7. The van der Waals surface area contributed by atoms with Crippen molar-refractivity contribution in [2.75, 3.05) is 13.2 Å². The first-order valence-corrected chi connectivity index (χ1v) is 9.95. The van der Waals surface area contributed by atoms with Crippen molar-refractivity contribution >= 4 is 33.6 Å². The summed E-state index contributed by atoms with van der Waals surface area (Å²) in [6.45, 7) is 1.61. The molecule has 0 aliphatic heterocycles. The molecule has 0 unspecified atom stereocenters. The van der Waals surface area contributed by atoms with E-state index in [4.69, 9.17) is 9.47 Å². The maximum atomic E-state index is 12.8. The summed E-state index contributed by atoms with van der Waals surface area (Å²) in [5.74, 6) is -0.0737. The molecule has 4 rings (SSSR count). The fourth-order valence-corrected chi connectivity index (χ4v) is 3.61. The molecule has 0 aliphatic rings. The SMILES string of the molecule is CC(=O)c1ccccc1OCCOC(=O)Cn1c2ccccc2c(=O)c2ccccc21. The van der Waals surface area contributed by atoms with Gasteiger partial charge in [-0.3, -0.25) is 14.4 Å². The minimum Gasteiger partial charge on any atom is -0.489 e. The zero-order valence-corrected chi connectivity index (χ0v) is 17.0. The number of hydrogen-bond acceptors (Lipinski definition) is 5. The molecule has 1 heterocycles. The van der Waals surface area contributed by atoms with Gasteiger partial charge in [-0.2, -0.15) is 0 Å². The maximum absolute atomic E-state index is 12.8. The Kier molecular flexibility index (Phi) is 5.80. The average Bonchev–Trinajstić information content (AvgIpc) is 2.79. The van der Waals surface area contributed by atoms with Crippen molar-refractivity contribution in [2.24, 2.45) is 0 Å². The highest BCUT2D eigenvalue weighted by molar-refractivity contribution is 5.97. The summed E-state index contributed by atoms with van der Waals surface area (Å²) in [7, 11) is 0. The molecule has 6 nitrogen and oxygen atoms in total. The lowest BCUT2D eigenvalue weighted by Gasteiger charge is -2.15. The smallest absolute Gasteiger partial charge is 0.326 e. The number of ketones is 1. The standard InChI is InChI=1S/C25H21NO5/c1-17(27)18-8-4-7-13-23(18)30-14-15-31-24(28)16-26-21-11-5-2-9-19(21)25(29)20-10-3-6-12-22(20)26/h2-13H,14-16H2,1H3. The second kappa shape index (κ2) is 8.83. The van der Waals surface area contributed by atoms with Crippen molar-refractivity contribution in [3.05, 3.63) is 88.6 Å². The fraction of sp³-hybridized carbons (Fsp3) is 0.160. The number of fused-ring (bicyclic) bond motifs is 2. The average molecular weight is 415 g/mol. The molecular formula is C25H21NO5. The van der Waals surface area contributed by atoms with Gasteiger partial charge in [0.2, 0.25) is 0 Å². The quantitative estimate of drug-likeness (QED) is 0.198. The molecule has 0 saturated heterocycles. The Bertz CT molecular complexity index is 1280. The summed E-state index contributed by atoms with van der Waals surface area (Å²) in [6.07, 6.45) is 0. The van der Waals surface area contributed by atoms with Gasteiger partial charge in [0.25, 0.3) is 0 Å². The van der Waals surface area contributed by atoms with E-state index in [1.165, 1.54) is 6.92 Å². The number of aromatic nitrogens is 1. The molecule has 6 heteroatoms. The molecule has 0 bridgehead atoms. The number of carbonyl (C=O) groups is 2. The van der Waals surface area contributed by atoms with E-state index in [9.17, 15) is 14.4 Å². The Morgan fingerprint density at radius 3 is 2.03 bits per heavy atom. The van der Waals surface area contributed by atoms with Crippen LogP contribution in [0.1, 0.15) is 17.3 Å². The molecule has 0 spiro atoms. The molecule has 3 aromatic carbocycles. The number of rotatable bonds is 7. The van der Waals surface area contributed by atoms with Crippen LogP contribution < -0.4 is 10.2 Å². The molecule has 0 radical (unpaired) electrons. The van der Waals surface area contributed by atoms with Gasteiger partial charge in [0, 0.05) is 10.8 Å². The third-order valence-electron chi connectivity index (χ3n) is 5.04. The molecule has 0 N–H and O–H groups in total. The van der Waals surface area contributed by atoms with Crippen LogP contribution in [0.2, 0.25) is 0 Å². The van der Waals surface area contributed by atoms with Crippen LogP contribution in [-0.2, 0) is 16.1 Å². The third kappa shape index (κ3) is 4.19. The van der Waals surface area contributed by atoms with Crippen LogP contribution in [0.5, 0.6) is 5.75 Å². The minimum atomic E-state index is -0.442. The molecular weight excluding hydrogens is 394 g/mol. The number of benzene rings is 3. The van der Waals surface area contributed by atoms with E-state index in [0.29, 0.717) is 33.1 Å². The lowest BCUT2D eigenvalue weighted by atomic mass is 10.1. The number of ether oxygens (including phenoxy) is 2. The first-order valence-electron chi connectivity index (χ1n) is 9.95. The molecule has 31 heavy (non-hydrogen) atoms. The number of para-hydroxylation sites is 3. The second-order valence-corrected chi connectivity index (χ2v) is 7.07. The molecule has 0 saturated carbocycles. The van der Waals surface area contributed by atoms with Crippen LogP contribution >= 0.6 is 0 Å². The Morgan fingerprint density at radius 1 is 0.806 bits per heavy atom.